The summed E-state index contributed by atoms with van der Waals surface area (Å²) in [6.07, 6.45) is 0. The van der Waals surface area contributed by atoms with Gasteiger partial charge in [0.2, 0.25) is 0 Å². The van der Waals surface area contributed by atoms with E-state index in [1.54, 1.807) is 7.11 Å². The van der Waals surface area contributed by atoms with Crippen LogP contribution in [-0.4, -0.2) is 19.6 Å². The van der Waals surface area contributed by atoms with Crippen molar-refractivity contribution >= 4 is 24.1 Å². The maximum atomic E-state index is 5.29. The van der Waals surface area contributed by atoms with E-state index in [9.17, 15) is 0 Å². The molecule has 2 N–H and O–H groups in total. The Balaban J connectivity index is 0.00000225. The molecule has 1 unspecified atom stereocenters. The fraction of sp³-hybridized carbons (Fsp3) is 0.174. The number of halogens is 1. The van der Waals surface area contributed by atoms with Crippen LogP contribution in [0.5, 0.6) is 5.75 Å². The molecule has 0 radical (unpaired) electrons. The molecule has 0 saturated carbocycles. The number of rotatable bonds is 4. The number of nitrogens with one attached hydrogen (secondary N) is 2. The number of aliphatic imine (C=N–C) groups is 1. The summed E-state index contributed by atoms with van der Waals surface area (Å²) < 4.78 is 5.29. The third-order valence-corrected chi connectivity index (χ3v) is 4.84. The Labute approximate surface area is 172 Å². The Morgan fingerprint density at radius 2 is 1.68 bits per heavy atom. The summed E-state index contributed by atoms with van der Waals surface area (Å²) in [6, 6.07) is 27.0. The molecule has 28 heavy (non-hydrogen) atoms. The smallest absolute Gasteiger partial charge is 0.196 e. The van der Waals surface area contributed by atoms with E-state index in [0.717, 1.165) is 30.5 Å². The zero-order chi connectivity index (χ0) is 18.5. The van der Waals surface area contributed by atoms with Crippen molar-refractivity contribution in [3.8, 4) is 5.75 Å². The van der Waals surface area contributed by atoms with Crippen LogP contribution in [0.25, 0.3) is 0 Å². The first-order valence-electron chi connectivity index (χ1n) is 9.17. The lowest BCUT2D eigenvalue weighted by atomic mass is 9.90. The zero-order valence-electron chi connectivity index (χ0n) is 15.8. The number of benzene rings is 3. The van der Waals surface area contributed by atoms with E-state index in [-0.39, 0.29) is 18.3 Å². The van der Waals surface area contributed by atoms with Gasteiger partial charge in [-0.2, -0.15) is 0 Å². The highest BCUT2D eigenvalue weighted by Gasteiger charge is 2.21. The SMILES string of the molecule is COc1ccc(C2CNC(NCc3ccccc3)=Nc3ccccc32)cc1.Cl. The van der Waals surface area contributed by atoms with Crippen molar-refractivity contribution in [1.82, 2.24) is 10.6 Å². The molecule has 0 aliphatic carbocycles. The lowest BCUT2D eigenvalue weighted by Crippen LogP contribution is -2.37. The summed E-state index contributed by atoms with van der Waals surface area (Å²) in [6.45, 7) is 1.52. The summed E-state index contributed by atoms with van der Waals surface area (Å²) in [7, 11) is 1.69. The van der Waals surface area contributed by atoms with Crippen LogP contribution in [0.3, 0.4) is 0 Å². The second-order valence-electron chi connectivity index (χ2n) is 6.57. The van der Waals surface area contributed by atoms with Gasteiger partial charge < -0.3 is 15.4 Å². The molecule has 0 fully saturated rings. The topological polar surface area (TPSA) is 45.6 Å². The normalized spacial score (nSPS) is 15.2. The first kappa shape index (κ1) is 19.8. The Morgan fingerprint density at radius 1 is 0.964 bits per heavy atom. The van der Waals surface area contributed by atoms with Crippen LogP contribution < -0.4 is 15.4 Å². The quantitative estimate of drug-likeness (QED) is 0.679. The standard InChI is InChI=1S/C23H23N3O.ClH/c1-27-19-13-11-18(12-14-19)21-16-25-23(24-15-17-7-3-2-4-8-17)26-22-10-6-5-9-20(21)22;/h2-14,21H,15-16H2,1H3,(H2,24,25,26);1H. The summed E-state index contributed by atoms with van der Waals surface area (Å²) >= 11 is 0. The van der Waals surface area contributed by atoms with E-state index in [4.69, 9.17) is 9.73 Å². The van der Waals surface area contributed by atoms with Gasteiger partial charge in [0.15, 0.2) is 5.96 Å². The van der Waals surface area contributed by atoms with Crippen LogP contribution in [-0.2, 0) is 6.54 Å². The molecule has 4 nitrogen and oxygen atoms in total. The number of hydrogen-bond donors (Lipinski definition) is 2. The van der Waals surface area contributed by atoms with E-state index < -0.39 is 0 Å². The van der Waals surface area contributed by atoms with Crippen LogP contribution in [0, 0.1) is 0 Å². The molecule has 1 aliphatic rings. The van der Waals surface area contributed by atoms with Crippen LogP contribution in [0.2, 0.25) is 0 Å². The van der Waals surface area contributed by atoms with Crippen molar-refractivity contribution in [3.63, 3.8) is 0 Å². The van der Waals surface area contributed by atoms with Crippen molar-refractivity contribution < 1.29 is 4.74 Å². The van der Waals surface area contributed by atoms with E-state index in [1.165, 1.54) is 16.7 Å². The Kier molecular flexibility index (Phi) is 6.56. The molecule has 0 amide bonds. The number of fused-ring (bicyclic) bond motifs is 1. The molecule has 144 valence electrons. The van der Waals surface area contributed by atoms with Gasteiger partial charge in [-0.25, -0.2) is 4.99 Å². The zero-order valence-corrected chi connectivity index (χ0v) is 16.6. The second kappa shape index (κ2) is 9.29. The van der Waals surface area contributed by atoms with Crippen molar-refractivity contribution in [2.75, 3.05) is 13.7 Å². The van der Waals surface area contributed by atoms with Crippen molar-refractivity contribution in [1.29, 1.82) is 0 Å². The molecule has 0 bridgehead atoms. The van der Waals surface area contributed by atoms with Gasteiger partial charge in [-0.15, -0.1) is 12.4 Å². The molecule has 0 spiro atoms. The molecule has 1 aliphatic heterocycles. The molecule has 4 rings (SSSR count). The summed E-state index contributed by atoms with van der Waals surface area (Å²) in [4.78, 5) is 4.83. The van der Waals surface area contributed by atoms with Crippen LogP contribution in [0.4, 0.5) is 5.69 Å². The van der Waals surface area contributed by atoms with E-state index >= 15 is 0 Å². The Bertz CT molecular complexity index is 926. The average Bonchev–Trinajstić information content (AvgIpc) is 2.92. The number of para-hydroxylation sites is 1. The maximum Gasteiger partial charge on any atom is 0.196 e. The number of nitrogens with zero attached hydrogens (tertiary/aromatic N) is 1. The highest BCUT2D eigenvalue weighted by Crippen LogP contribution is 2.33. The number of guanidine groups is 1. The van der Waals surface area contributed by atoms with Crippen molar-refractivity contribution in [2.45, 2.75) is 12.5 Å². The van der Waals surface area contributed by atoms with Crippen LogP contribution in [0.1, 0.15) is 22.6 Å². The van der Waals surface area contributed by atoms with Gasteiger partial charge in [-0.3, -0.25) is 0 Å². The molecular formula is C23H24ClN3O. The molecule has 3 aromatic rings. The minimum absolute atomic E-state index is 0. The summed E-state index contributed by atoms with van der Waals surface area (Å²) in [5.74, 6) is 1.91. The third-order valence-electron chi connectivity index (χ3n) is 4.84. The third kappa shape index (κ3) is 4.46. The summed E-state index contributed by atoms with van der Waals surface area (Å²) in [5, 5.41) is 6.91. The molecule has 1 atom stereocenters. The highest BCUT2D eigenvalue weighted by molar-refractivity contribution is 5.85. The molecule has 1 heterocycles. The van der Waals surface area contributed by atoms with Crippen LogP contribution >= 0.6 is 12.4 Å². The predicted octanol–water partition coefficient (Wildman–Crippen LogP) is 4.63. The van der Waals surface area contributed by atoms with Gasteiger partial charge in [0, 0.05) is 19.0 Å². The molecular weight excluding hydrogens is 370 g/mol. The molecule has 0 saturated heterocycles. The van der Waals surface area contributed by atoms with E-state index in [1.807, 2.05) is 36.4 Å². The molecule has 5 heteroatoms. The van der Waals surface area contributed by atoms with Crippen LogP contribution in [0.15, 0.2) is 83.9 Å². The van der Waals surface area contributed by atoms with Crippen molar-refractivity contribution in [2.24, 2.45) is 4.99 Å². The van der Waals surface area contributed by atoms with Gasteiger partial charge in [0.25, 0.3) is 0 Å². The van der Waals surface area contributed by atoms with Gasteiger partial charge in [0.1, 0.15) is 5.75 Å². The Hall–Kier alpha value is -2.98. The molecule has 0 aromatic heterocycles. The van der Waals surface area contributed by atoms with Crippen molar-refractivity contribution in [3.05, 3.63) is 95.6 Å². The average molecular weight is 394 g/mol. The number of methoxy groups -OCH3 is 1. The van der Waals surface area contributed by atoms with E-state index in [0.29, 0.717) is 0 Å². The fourth-order valence-electron chi connectivity index (χ4n) is 3.37. The lowest BCUT2D eigenvalue weighted by Gasteiger charge is -2.18. The fourth-order valence-corrected chi connectivity index (χ4v) is 3.37. The predicted molar refractivity (Wildman–Crippen MR) is 117 cm³/mol. The second-order valence-corrected chi connectivity index (χ2v) is 6.57. The largest absolute Gasteiger partial charge is 0.497 e. The minimum Gasteiger partial charge on any atom is -0.497 e. The van der Waals surface area contributed by atoms with Gasteiger partial charge in [-0.1, -0.05) is 60.7 Å². The molecule has 3 aromatic carbocycles. The summed E-state index contributed by atoms with van der Waals surface area (Å²) in [5.41, 5.74) is 4.70. The highest BCUT2D eigenvalue weighted by atomic mass is 35.5. The van der Waals surface area contributed by atoms with Gasteiger partial charge >= 0.3 is 0 Å². The first-order valence-corrected chi connectivity index (χ1v) is 9.17. The monoisotopic (exact) mass is 393 g/mol. The van der Waals surface area contributed by atoms with Gasteiger partial charge in [0.05, 0.1) is 12.8 Å². The number of ether oxygens (including phenoxy) is 1. The first-order chi connectivity index (χ1) is 13.3. The van der Waals surface area contributed by atoms with Gasteiger partial charge in [-0.05, 0) is 34.9 Å². The minimum atomic E-state index is 0. The Morgan fingerprint density at radius 3 is 2.43 bits per heavy atom. The number of hydrogen-bond acceptors (Lipinski definition) is 4. The maximum absolute atomic E-state index is 5.29. The van der Waals surface area contributed by atoms with E-state index in [2.05, 4.69) is 53.1 Å². The lowest BCUT2D eigenvalue weighted by molar-refractivity contribution is 0.414.